The van der Waals surface area contributed by atoms with Gasteiger partial charge in [-0.25, -0.2) is 4.68 Å². The van der Waals surface area contributed by atoms with Crippen LogP contribution in [-0.4, -0.2) is 27.3 Å². The zero-order valence-electron chi connectivity index (χ0n) is 22.3. The van der Waals surface area contributed by atoms with Gasteiger partial charge in [0.15, 0.2) is 11.5 Å². The zero-order valence-corrected chi connectivity index (χ0v) is 23.9. The standard InChI is InChI=1S/C30H30BrN5O3/c1-5-38-25-15-22(14-24(31)28(25)39-16-21-10-6-8-18(2)12-21)27-26(20(4)34-30-32-17-33-36(27)30)29(37)35-23-11-7-9-19(3)13-23/h6-15,17,27H,5,16H2,1-4H3,(H,35,37)(H,32,33,34). The summed E-state index contributed by atoms with van der Waals surface area (Å²) in [5.74, 6) is 1.50. The largest absolute Gasteiger partial charge is 0.490 e. The van der Waals surface area contributed by atoms with E-state index in [1.807, 2.05) is 69.3 Å². The topological polar surface area (TPSA) is 90.3 Å². The smallest absolute Gasteiger partial charge is 0.255 e. The lowest BCUT2D eigenvalue weighted by molar-refractivity contribution is -0.113. The summed E-state index contributed by atoms with van der Waals surface area (Å²) in [4.78, 5) is 18.1. The molecule has 1 aliphatic heterocycles. The first-order valence-corrected chi connectivity index (χ1v) is 13.5. The van der Waals surface area contributed by atoms with Crippen molar-refractivity contribution >= 4 is 33.5 Å². The minimum Gasteiger partial charge on any atom is -0.490 e. The molecule has 0 saturated heterocycles. The second-order valence-corrected chi connectivity index (χ2v) is 10.3. The zero-order chi connectivity index (χ0) is 27.5. The van der Waals surface area contributed by atoms with Gasteiger partial charge in [0.05, 0.1) is 16.7 Å². The number of rotatable bonds is 8. The molecule has 2 heterocycles. The highest BCUT2D eigenvalue weighted by Crippen LogP contribution is 2.43. The Hall–Kier alpha value is -4.11. The summed E-state index contributed by atoms with van der Waals surface area (Å²) < 4.78 is 14.7. The van der Waals surface area contributed by atoms with Crippen LogP contribution in [-0.2, 0) is 11.4 Å². The van der Waals surface area contributed by atoms with Crippen LogP contribution in [0.3, 0.4) is 0 Å². The maximum absolute atomic E-state index is 13.7. The number of aryl methyl sites for hydroxylation is 2. The number of amides is 1. The Morgan fingerprint density at radius 3 is 2.56 bits per heavy atom. The average molecular weight is 589 g/mol. The molecule has 1 atom stereocenters. The molecule has 8 nitrogen and oxygen atoms in total. The number of halogens is 1. The number of anilines is 2. The molecule has 39 heavy (non-hydrogen) atoms. The van der Waals surface area contributed by atoms with Crippen LogP contribution in [0.15, 0.2) is 82.7 Å². The maximum Gasteiger partial charge on any atom is 0.255 e. The van der Waals surface area contributed by atoms with Crippen LogP contribution in [0.5, 0.6) is 11.5 Å². The number of carbonyl (C=O) groups excluding carboxylic acids is 1. The van der Waals surface area contributed by atoms with Gasteiger partial charge < -0.3 is 20.1 Å². The molecule has 1 aliphatic rings. The number of fused-ring (bicyclic) bond motifs is 1. The first-order chi connectivity index (χ1) is 18.8. The van der Waals surface area contributed by atoms with Crippen LogP contribution in [0, 0.1) is 13.8 Å². The second kappa shape index (κ2) is 11.3. The Morgan fingerprint density at radius 1 is 1.05 bits per heavy atom. The van der Waals surface area contributed by atoms with Gasteiger partial charge in [-0.3, -0.25) is 4.79 Å². The number of hydrogen-bond acceptors (Lipinski definition) is 6. The minimum atomic E-state index is -0.546. The van der Waals surface area contributed by atoms with Crippen molar-refractivity contribution in [1.29, 1.82) is 0 Å². The maximum atomic E-state index is 13.7. The lowest BCUT2D eigenvalue weighted by Crippen LogP contribution is -2.31. The van der Waals surface area contributed by atoms with Crippen LogP contribution in [0.1, 0.15) is 42.1 Å². The van der Waals surface area contributed by atoms with Crippen molar-refractivity contribution in [2.45, 2.75) is 40.3 Å². The van der Waals surface area contributed by atoms with Crippen LogP contribution in [0.4, 0.5) is 11.6 Å². The lowest BCUT2D eigenvalue weighted by Gasteiger charge is -2.29. The number of benzene rings is 3. The van der Waals surface area contributed by atoms with Crippen LogP contribution < -0.4 is 20.1 Å². The quantitative estimate of drug-likeness (QED) is 0.242. The van der Waals surface area contributed by atoms with Gasteiger partial charge in [-0.2, -0.15) is 10.1 Å². The third kappa shape index (κ3) is 5.68. The van der Waals surface area contributed by atoms with E-state index >= 15 is 0 Å². The van der Waals surface area contributed by atoms with Gasteiger partial charge in [-0.15, -0.1) is 0 Å². The van der Waals surface area contributed by atoms with Crippen molar-refractivity contribution in [2.24, 2.45) is 0 Å². The number of ether oxygens (including phenoxy) is 2. The second-order valence-electron chi connectivity index (χ2n) is 9.46. The number of allylic oxidation sites excluding steroid dienone is 1. The summed E-state index contributed by atoms with van der Waals surface area (Å²) in [5.41, 5.74) is 6.03. The van der Waals surface area contributed by atoms with Crippen LogP contribution >= 0.6 is 15.9 Å². The molecule has 4 aromatic rings. The molecule has 5 rings (SSSR count). The van der Waals surface area contributed by atoms with Crippen molar-refractivity contribution in [3.8, 4) is 11.5 Å². The molecule has 9 heteroatoms. The summed E-state index contributed by atoms with van der Waals surface area (Å²) in [5, 5.41) is 10.7. The van der Waals surface area contributed by atoms with E-state index in [-0.39, 0.29) is 5.91 Å². The molecule has 200 valence electrons. The fraction of sp³-hybridized carbons (Fsp3) is 0.233. The van der Waals surface area contributed by atoms with Crippen molar-refractivity contribution in [3.05, 3.63) is 105 Å². The van der Waals surface area contributed by atoms with E-state index in [0.717, 1.165) is 22.4 Å². The minimum absolute atomic E-state index is 0.231. The number of nitrogens with one attached hydrogen (secondary N) is 2. The summed E-state index contributed by atoms with van der Waals surface area (Å²) in [6.45, 7) is 8.68. The number of carbonyl (C=O) groups is 1. The van der Waals surface area contributed by atoms with Gasteiger partial charge in [0.25, 0.3) is 5.91 Å². The third-order valence-electron chi connectivity index (χ3n) is 6.43. The van der Waals surface area contributed by atoms with Gasteiger partial charge in [-0.1, -0.05) is 42.0 Å². The van der Waals surface area contributed by atoms with Gasteiger partial charge in [0, 0.05) is 11.4 Å². The molecule has 0 spiro atoms. The fourth-order valence-corrected chi connectivity index (χ4v) is 5.29. The molecule has 0 radical (unpaired) electrons. The first kappa shape index (κ1) is 26.5. The molecular weight excluding hydrogens is 558 g/mol. The molecule has 0 saturated carbocycles. The summed E-state index contributed by atoms with van der Waals surface area (Å²) in [6, 6.07) is 19.2. The van der Waals surface area contributed by atoms with E-state index in [4.69, 9.17) is 9.47 Å². The van der Waals surface area contributed by atoms with Gasteiger partial charge in [0.2, 0.25) is 5.95 Å². The number of nitrogens with zero attached hydrogens (tertiary/aromatic N) is 3. The number of hydrogen-bond donors (Lipinski definition) is 2. The Kier molecular flexibility index (Phi) is 7.70. The Balaban J connectivity index is 1.53. The predicted octanol–water partition coefficient (Wildman–Crippen LogP) is 6.56. The van der Waals surface area contributed by atoms with E-state index in [1.54, 1.807) is 4.68 Å². The molecule has 0 fully saturated rings. The van der Waals surface area contributed by atoms with E-state index in [2.05, 4.69) is 55.7 Å². The Labute approximate surface area is 236 Å². The van der Waals surface area contributed by atoms with Crippen molar-refractivity contribution in [3.63, 3.8) is 0 Å². The Bertz CT molecular complexity index is 1560. The van der Waals surface area contributed by atoms with E-state index < -0.39 is 6.04 Å². The molecule has 0 aliphatic carbocycles. The van der Waals surface area contributed by atoms with E-state index in [0.29, 0.717) is 46.4 Å². The molecule has 1 unspecified atom stereocenters. The fourth-order valence-electron chi connectivity index (χ4n) is 4.72. The lowest BCUT2D eigenvalue weighted by atomic mass is 9.94. The number of aromatic nitrogens is 3. The van der Waals surface area contributed by atoms with Crippen LogP contribution in [0.25, 0.3) is 0 Å². The summed E-state index contributed by atoms with van der Waals surface area (Å²) in [6.07, 6.45) is 1.47. The van der Waals surface area contributed by atoms with Crippen molar-refractivity contribution in [2.75, 3.05) is 17.2 Å². The highest BCUT2D eigenvalue weighted by molar-refractivity contribution is 9.10. The van der Waals surface area contributed by atoms with Crippen molar-refractivity contribution in [1.82, 2.24) is 14.8 Å². The highest BCUT2D eigenvalue weighted by atomic mass is 79.9. The highest BCUT2D eigenvalue weighted by Gasteiger charge is 2.34. The predicted molar refractivity (Wildman–Crippen MR) is 155 cm³/mol. The van der Waals surface area contributed by atoms with Crippen LogP contribution in [0.2, 0.25) is 0 Å². The summed E-state index contributed by atoms with van der Waals surface area (Å²) >= 11 is 3.70. The normalized spacial score (nSPS) is 14.4. The monoisotopic (exact) mass is 587 g/mol. The van der Waals surface area contributed by atoms with Gasteiger partial charge in [-0.05, 0) is 84.6 Å². The van der Waals surface area contributed by atoms with Gasteiger partial charge in [0.1, 0.15) is 19.0 Å². The molecular formula is C30H30BrN5O3. The molecule has 0 bridgehead atoms. The molecule has 1 amide bonds. The van der Waals surface area contributed by atoms with E-state index in [1.165, 1.54) is 11.9 Å². The Morgan fingerprint density at radius 2 is 1.82 bits per heavy atom. The molecule has 1 aromatic heterocycles. The molecule has 2 N–H and O–H groups in total. The average Bonchev–Trinajstić information content (AvgIpc) is 3.35. The van der Waals surface area contributed by atoms with Crippen molar-refractivity contribution < 1.29 is 14.3 Å². The summed E-state index contributed by atoms with van der Waals surface area (Å²) in [7, 11) is 0. The first-order valence-electron chi connectivity index (χ1n) is 12.7. The van der Waals surface area contributed by atoms with E-state index in [9.17, 15) is 4.79 Å². The van der Waals surface area contributed by atoms with Gasteiger partial charge >= 0.3 is 0 Å². The third-order valence-corrected chi connectivity index (χ3v) is 7.02. The molecule has 3 aromatic carbocycles. The SMILES string of the molecule is CCOc1cc(C2C(C(=O)Nc3cccc(C)c3)=C(C)Nc3ncnn32)cc(Br)c1OCc1cccc(C)c1.